The fourth-order valence-electron chi connectivity index (χ4n) is 3.72. The maximum atomic E-state index is 12.5. The Labute approximate surface area is 120 Å². The third-order valence-electron chi connectivity index (χ3n) is 4.87. The molecule has 4 nitrogen and oxygen atoms in total. The van der Waals surface area contributed by atoms with Gasteiger partial charge in [0, 0.05) is 32.2 Å². The first-order valence-electron chi connectivity index (χ1n) is 7.29. The maximum Gasteiger partial charge on any atom is 0.242 e. The van der Waals surface area contributed by atoms with Crippen LogP contribution in [0.3, 0.4) is 0 Å². The molecule has 1 heterocycles. The Kier molecular flexibility index (Phi) is 3.10. The molecule has 3 rings (SSSR count). The summed E-state index contributed by atoms with van der Waals surface area (Å²) < 4.78 is 0. The molecule has 0 aromatic heterocycles. The van der Waals surface area contributed by atoms with Crippen molar-refractivity contribution in [3.63, 3.8) is 0 Å². The van der Waals surface area contributed by atoms with Crippen molar-refractivity contribution in [1.29, 1.82) is 0 Å². The van der Waals surface area contributed by atoms with Gasteiger partial charge in [-0.25, -0.2) is 0 Å². The van der Waals surface area contributed by atoms with Gasteiger partial charge in [-0.15, -0.1) is 0 Å². The maximum absolute atomic E-state index is 12.5. The lowest BCUT2D eigenvalue weighted by molar-refractivity contribution is -0.149. The van der Waals surface area contributed by atoms with E-state index in [1.807, 2.05) is 31.9 Å². The highest BCUT2D eigenvalue weighted by Crippen LogP contribution is 2.44. The number of piperazine rings is 1. The predicted molar refractivity (Wildman–Crippen MR) is 79.2 cm³/mol. The number of nitrogens with zero attached hydrogens (tertiary/aromatic N) is 2. The normalized spacial score (nSPS) is 29.6. The van der Waals surface area contributed by atoms with E-state index in [1.54, 1.807) is 0 Å². The second-order valence-electron chi connectivity index (χ2n) is 6.47. The van der Waals surface area contributed by atoms with Crippen LogP contribution in [0, 0.1) is 0 Å². The molecule has 2 N–H and O–H groups in total. The molecule has 0 bridgehead atoms. The monoisotopic (exact) mass is 273 g/mol. The van der Waals surface area contributed by atoms with Crippen LogP contribution in [0.4, 0.5) is 0 Å². The number of rotatable bonds is 1. The summed E-state index contributed by atoms with van der Waals surface area (Å²) in [6.45, 7) is 5.74. The largest absolute Gasteiger partial charge is 0.343 e. The summed E-state index contributed by atoms with van der Waals surface area (Å²) in [6.07, 6.45) is 0.903. The van der Waals surface area contributed by atoms with Gasteiger partial charge in [0.15, 0.2) is 0 Å². The lowest BCUT2D eigenvalue weighted by Gasteiger charge is -2.48. The first-order valence-corrected chi connectivity index (χ1v) is 7.29. The Morgan fingerprint density at radius 1 is 1.20 bits per heavy atom. The van der Waals surface area contributed by atoms with Gasteiger partial charge in [-0.05, 0) is 31.4 Å². The van der Waals surface area contributed by atoms with E-state index in [9.17, 15) is 4.79 Å². The van der Waals surface area contributed by atoms with E-state index in [4.69, 9.17) is 5.73 Å². The summed E-state index contributed by atoms with van der Waals surface area (Å²) in [4.78, 5) is 16.6. The summed E-state index contributed by atoms with van der Waals surface area (Å²) in [7, 11) is 1.88. The van der Waals surface area contributed by atoms with Gasteiger partial charge in [0.1, 0.15) is 0 Å². The number of carbonyl (C=O) groups excluding carboxylic acids is 1. The number of carbonyl (C=O) groups is 1. The van der Waals surface area contributed by atoms with Crippen LogP contribution in [-0.2, 0) is 4.79 Å². The Morgan fingerprint density at radius 3 is 2.55 bits per heavy atom. The Balaban J connectivity index is 1.97. The number of amides is 1. The molecule has 1 aliphatic carbocycles. The van der Waals surface area contributed by atoms with E-state index in [1.165, 1.54) is 11.1 Å². The molecule has 1 saturated heterocycles. The second-order valence-corrected chi connectivity index (χ2v) is 6.47. The molecule has 1 aromatic rings. The molecule has 4 heteroatoms. The summed E-state index contributed by atoms with van der Waals surface area (Å²) in [5, 5.41) is 0. The van der Waals surface area contributed by atoms with E-state index < -0.39 is 5.54 Å². The molecule has 2 aliphatic rings. The molecular formula is C16H23N3O. The summed E-state index contributed by atoms with van der Waals surface area (Å²) in [6, 6.07) is 8.72. The third kappa shape index (κ3) is 1.86. The van der Waals surface area contributed by atoms with E-state index in [0.29, 0.717) is 0 Å². The van der Waals surface area contributed by atoms with Gasteiger partial charge in [0.25, 0.3) is 0 Å². The van der Waals surface area contributed by atoms with Crippen LogP contribution < -0.4 is 5.73 Å². The number of benzene rings is 1. The summed E-state index contributed by atoms with van der Waals surface area (Å²) in [5.41, 5.74) is 8.34. The van der Waals surface area contributed by atoms with E-state index in [-0.39, 0.29) is 18.0 Å². The van der Waals surface area contributed by atoms with Crippen molar-refractivity contribution in [3.05, 3.63) is 35.4 Å². The minimum Gasteiger partial charge on any atom is -0.343 e. The van der Waals surface area contributed by atoms with Gasteiger partial charge in [-0.2, -0.15) is 0 Å². The van der Waals surface area contributed by atoms with Gasteiger partial charge in [0.05, 0.1) is 5.54 Å². The van der Waals surface area contributed by atoms with Crippen molar-refractivity contribution >= 4 is 5.91 Å². The fraction of sp³-hybridized carbons (Fsp3) is 0.562. The van der Waals surface area contributed by atoms with Gasteiger partial charge >= 0.3 is 0 Å². The van der Waals surface area contributed by atoms with Crippen molar-refractivity contribution in [3.8, 4) is 0 Å². The van der Waals surface area contributed by atoms with Crippen molar-refractivity contribution in [2.24, 2.45) is 5.73 Å². The highest BCUT2D eigenvalue weighted by atomic mass is 16.2. The van der Waals surface area contributed by atoms with Crippen molar-refractivity contribution < 1.29 is 4.79 Å². The van der Waals surface area contributed by atoms with Crippen LogP contribution in [0.5, 0.6) is 0 Å². The molecule has 0 radical (unpaired) electrons. The number of hydrogen-bond donors (Lipinski definition) is 1. The van der Waals surface area contributed by atoms with Gasteiger partial charge < -0.3 is 10.6 Å². The minimum absolute atomic E-state index is 0.0850. The zero-order valence-electron chi connectivity index (χ0n) is 12.5. The SMILES string of the molecule is CN1CCN(C2CC(N)c3ccccc32)C(C)(C)C1=O. The molecule has 2 atom stereocenters. The first-order chi connectivity index (χ1) is 9.43. The minimum atomic E-state index is -0.463. The Morgan fingerprint density at radius 2 is 1.85 bits per heavy atom. The zero-order valence-corrected chi connectivity index (χ0v) is 12.5. The van der Waals surface area contributed by atoms with Crippen molar-refractivity contribution in [2.75, 3.05) is 20.1 Å². The topological polar surface area (TPSA) is 49.6 Å². The predicted octanol–water partition coefficient (Wildman–Crippen LogP) is 1.68. The van der Waals surface area contributed by atoms with E-state index >= 15 is 0 Å². The average molecular weight is 273 g/mol. The number of likely N-dealkylation sites (N-methyl/N-ethyl adjacent to an activating group) is 1. The second kappa shape index (κ2) is 4.57. The van der Waals surface area contributed by atoms with Crippen LogP contribution >= 0.6 is 0 Å². The first kappa shape index (κ1) is 13.6. The van der Waals surface area contributed by atoms with Crippen molar-refractivity contribution in [2.45, 2.75) is 37.9 Å². The van der Waals surface area contributed by atoms with Crippen LogP contribution in [0.25, 0.3) is 0 Å². The van der Waals surface area contributed by atoms with Crippen LogP contribution in [0.15, 0.2) is 24.3 Å². The molecule has 0 spiro atoms. The molecule has 1 aromatic carbocycles. The van der Waals surface area contributed by atoms with E-state index in [2.05, 4.69) is 23.1 Å². The molecular weight excluding hydrogens is 250 g/mol. The molecule has 2 unspecified atom stereocenters. The van der Waals surface area contributed by atoms with Crippen LogP contribution in [0.2, 0.25) is 0 Å². The molecule has 1 fully saturated rings. The number of hydrogen-bond acceptors (Lipinski definition) is 3. The third-order valence-corrected chi connectivity index (χ3v) is 4.87. The quantitative estimate of drug-likeness (QED) is 0.847. The van der Waals surface area contributed by atoms with Gasteiger partial charge in [-0.1, -0.05) is 24.3 Å². The highest BCUT2D eigenvalue weighted by Gasteiger charge is 2.46. The molecule has 1 amide bonds. The zero-order chi connectivity index (χ0) is 14.5. The van der Waals surface area contributed by atoms with Crippen LogP contribution in [0.1, 0.15) is 43.5 Å². The average Bonchev–Trinajstić information content (AvgIpc) is 2.74. The molecule has 0 saturated carbocycles. The lowest BCUT2D eigenvalue weighted by Crippen LogP contribution is -2.62. The summed E-state index contributed by atoms with van der Waals surface area (Å²) >= 11 is 0. The Bertz CT molecular complexity index is 540. The summed E-state index contributed by atoms with van der Waals surface area (Å²) in [5.74, 6) is 0.196. The van der Waals surface area contributed by atoms with Gasteiger partial charge in [-0.3, -0.25) is 9.69 Å². The lowest BCUT2D eigenvalue weighted by atomic mass is 9.93. The molecule has 20 heavy (non-hydrogen) atoms. The van der Waals surface area contributed by atoms with Gasteiger partial charge in [0.2, 0.25) is 5.91 Å². The highest BCUT2D eigenvalue weighted by molar-refractivity contribution is 5.86. The molecule has 1 aliphatic heterocycles. The Hall–Kier alpha value is -1.39. The smallest absolute Gasteiger partial charge is 0.242 e. The number of nitrogens with two attached hydrogens (primary N) is 1. The number of fused-ring (bicyclic) bond motifs is 1. The van der Waals surface area contributed by atoms with E-state index in [0.717, 1.165) is 19.5 Å². The standard InChI is InChI=1S/C16H23N3O/c1-16(2)15(20)18(3)8-9-19(16)14-10-13(17)11-6-4-5-7-12(11)14/h4-7,13-14H,8-10,17H2,1-3H3. The van der Waals surface area contributed by atoms with Crippen LogP contribution in [-0.4, -0.2) is 41.4 Å². The fourth-order valence-corrected chi connectivity index (χ4v) is 3.72. The van der Waals surface area contributed by atoms with Crippen molar-refractivity contribution in [1.82, 2.24) is 9.80 Å². The molecule has 108 valence electrons.